The number of nitrogens with one attached hydrogen (secondary N) is 2. The summed E-state index contributed by atoms with van der Waals surface area (Å²) in [5.41, 5.74) is 0.498. The van der Waals surface area contributed by atoms with Crippen LogP contribution in [-0.2, 0) is 11.2 Å². The second-order valence-electron chi connectivity index (χ2n) is 5.57. The number of Topliss-reactive ketones (excluding diaryl/α,β-unsaturated/α-hetero) is 1. The van der Waals surface area contributed by atoms with Crippen molar-refractivity contribution in [3.63, 3.8) is 0 Å². The number of ketones is 1. The van der Waals surface area contributed by atoms with E-state index >= 15 is 0 Å². The first kappa shape index (κ1) is 20.1. The number of rotatable bonds is 7. The first-order valence-electron chi connectivity index (χ1n) is 7.79. The molecule has 0 saturated carbocycles. The molecule has 2 aromatic heterocycles. The van der Waals surface area contributed by atoms with Gasteiger partial charge in [-0.05, 0) is 29.5 Å². The summed E-state index contributed by atoms with van der Waals surface area (Å²) < 4.78 is 36.7. The summed E-state index contributed by atoms with van der Waals surface area (Å²) in [6.07, 6.45) is -4.86. The molecule has 3 aromatic rings. The van der Waals surface area contributed by atoms with Gasteiger partial charge in [0.25, 0.3) is 0 Å². The fraction of sp³-hybridized carbons (Fsp3) is 0.188. The summed E-state index contributed by atoms with van der Waals surface area (Å²) in [5.74, 6) is -0.0820. The molecule has 0 atom stereocenters. The molecule has 0 radical (unpaired) electrons. The number of halogens is 4. The molecule has 3 rings (SSSR count). The lowest BCUT2D eigenvalue weighted by Gasteiger charge is -2.07. The molecule has 0 unspecified atom stereocenters. The number of aromatic nitrogens is 5. The SMILES string of the molecule is O=C(Cc1ccc(Sc2nc(Cl)cc(Nc3ncn[nH]3)n2)cc1)CC(F)(F)F. The molecule has 0 amide bonds. The standard InChI is InChI=1S/C16H12ClF3N6OS/c17-12-6-13(24-14-21-8-22-26-14)25-15(23-12)28-11-3-1-9(2-4-11)5-10(27)7-16(18,19)20/h1-4,6,8H,5,7H2,(H2,21,22,23,24,25,26). The van der Waals surface area contributed by atoms with Gasteiger partial charge in [0, 0.05) is 17.4 Å². The van der Waals surface area contributed by atoms with Gasteiger partial charge in [-0.2, -0.15) is 23.3 Å². The molecular formula is C16H12ClF3N6OS. The minimum absolute atomic E-state index is 0.217. The Bertz CT molecular complexity index is 950. The lowest BCUT2D eigenvalue weighted by molar-refractivity contribution is -0.151. The lowest BCUT2D eigenvalue weighted by atomic mass is 10.1. The molecule has 12 heteroatoms. The molecule has 0 fully saturated rings. The van der Waals surface area contributed by atoms with Gasteiger partial charge < -0.3 is 5.32 Å². The molecule has 0 spiro atoms. The summed E-state index contributed by atoms with van der Waals surface area (Å²) in [4.78, 5) is 24.5. The Kier molecular flexibility index (Phi) is 6.15. The molecule has 0 aliphatic rings. The van der Waals surface area contributed by atoms with Gasteiger partial charge in [-0.25, -0.2) is 15.1 Å². The van der Waals surface area contributed by atoms with E-state index in [4.69, 9.17) is 11.6 Å². The molecule has 146 valence electrons. The molecule has 0 saturated heterocycles. The van der Waals surface area contributed by atoms with E-state index in [1.807, 2.05) is 0 Å². The summed E-state index contributed by atoms with van der Waals surface area (Å²) in [6.45, 7) is 0. The van der Waals surface area contributed by atoms with Crippen molar-refractivity contribution < 1.29 is 18.0 Å². The Morgan fingerprint density at radius 1 is 1.21 bits per heavy atom. The molecule has 0 aliphatic heterocycles. The Balaban J connectivity index is 1.65. The fourth-order valence-electron chi connectivity index (χ4n) is 2.19. The Morgan fingerprint density at radius 2 is 1.96 bits per heavy atom. The molecule has 0 aliphatic carbocycles. The number of anilines is 2. The van der Waals surface area contributed by atoms with E-state index in [9.17, 15) is 18.0 Å². The van der Waals surface area contributed by atoms with Crippen LogP contribution in [0, 0.1) is 0 Å². The second-order valence-corrected chi connectivity index (χ2v) is 7.00. The normalized spacial score (nSPS) is 11.4. The van der Waals surface area contributed by atoms with Crippen LogP contribution in [0.4, 0.5) is 24.9 Å². The number of benzene rings is 1. The maximum absolute atomic E-state index is 12.2. The zero-order chi connectivity index (χ0) is 20.1. The topological polar surface area (TPSA) is 96.5 Å². The summed E-state index contributed by atoms with van der Waals surface area (Å²) >= 11 is 7.22. The number of nitrogens with zero attached hydrogens (tertiary/aromatic N) is 4. The van der Waals surface area contributed by atoms with Gasteiger partial charge in [-0.3, -0.25) is 4.79 Å². The molecular weight excluding hydrogens is 417 g/mol. The zero-order valence-corrected chi connectivity index (χ0v) is 15.6. The predicted molar refractivity (Wildman–Crippen MR) is 96.7 cm³/mol. The van der Waals surface area contributed by atoms with Crippen LogP contribution in [0.2, 0.25) is 5.15 Å². The van der Waals surface area contributed by atoms with Crippen LogP contribution in [0.5, 0.6) is 0 Å². The molecule has 7 nitrogen and oxygen atoms in total. The largest absolute Gasteiger partial charge is 0.395 e. The van der Waals surface area contributed by atoms with E-state index in [0.29, 0.717) is 22.5 Å². The molecule has 2 heterocycles. The van der Waals surface area contributed by atoms with Crippen LogP contribution < -0.4 is 5.32 Å². The third kappa shape index (κ3) is 6.20. The number of alkyl halides is 3. The summed E-state index contributed by atoms with van der Waals surface area (Å²) in [5, 5.41) is 9.81. The van der Waals surface area contributed by atoms with Crippen LogP contribution in [-0.4, -0.2) is 37.1 Å². The van der Waals surface area contributed by atoms with Crippen molar-refractivity contribution in [2.75, 3.05) is 5.32 Å². The number of carbonyl (C=O) groups excluding carboxylic acids is 1. The Hall–Kier alpha value is -2.66. The van der Waals surface area contributed by atoms with E-state index in [1.54, 1.807) is 24.3 Å². The van der Waals surface area contributed by atoms with E-state index < -0.39 is 18.4 Å². The summed E-state index contributed by atoms with van der Waals surface area (Å²) in [7, 11) is 0. The third-order valence-corrected chi connectivity index (χ3v) is 4.33. The highest BCUT2D eigenvalue weighted by atomic mass is 35.5. The molecule has 2 N–H and O–H groups in total. The van der Waals surface area contributed by atoms with Gasteiger partial charge >= 0.3 is 6.18 Å². The molecule has 0 bridgehead atoms. The first-order chi connectivity index (χ1) is 13.3. The van der Waals surface area contributed by atoms with Gasteiger partial charge in [0.1, 0.15) is 29.5 Å². The Morgan fingerprint density at radius 3 is 2.61 bits per heavy atom. The van der Waals surface area contributed by atoms with E-state index in [1.165, 1.54) is 24.2 Å². The van der Waals surface area contributed by atoms with E-state index in [0.717, 1.165) is 4.90 Å². The predicted octanol–water partition coefficient (Wildman–Crippen LogP) is 4.21. The van der Waals surface area contributed by atoms with Crippen molar-refractivity contribution in [3.8, 4) is 0 Å². The number of aromatic amines is 1. The molecule has 28 heavy (non-hydrogen) atoms. The van der Waals surface area contributed by atoms with Gasteiger partial charge in [-0.1, -0.05) is 23.7 Å². The van der Waals surface area contributed by atoms with Gasteiger partial charge in [0.05, 0.1) is 0 Å². The van der Waals surface area contributed by atoms with Crippen LogP contribution >= 0.6 is 23.4 Å². The maximum atomic E-state index is 12.2. The average molecular weight is 429 g/mol. The van der Waals surface area contributed by atoms with Crippen molar-refractivity contribution in [1.29, 1.82) is 0 Å². The van der Waals surface area contributed by atoms with Crippen LogP contribution in [0.3, 0.4) is 0 Å². The highest BCUT2D eigenvalue weighted by molar-refractivity contribution is 7.99. The van der Waals surface area contributed by atoms with Gasteiger partial charge in [-0.15, -0.1) is 0 Å². The van der Waals surface area contributed by atoms with Crippen molar-refractivity contribution >= 4 is 40.9 Å². The van der Waals surface area contributed by atoms with E-state index in [-0.39, 0.29) is 11.6 Å². The summed E-state index contributed by atoms with van der Waals surface area (Å²) in [6, 6.07) is 8.05. The fourth-order valence-corrected chi connectivity index (χ4v) is 3.19. The lowest BCUT2D eigenvalue weighted by Crippen LogP contribution is -2.16. The molecule has 1 aromatic carbocycles. The van der Waals surface area contributed by atoms with Gasteiger partial charge in [0.2, 0.25) is 5.95 Å². The van der Waals surface area contributed by atoms with Crippen molar-refractivity contribution in [3.05, 3.63) is 47.4 Å². The van der Waals surface area contributed by atoms with Crippen LogP contribution in [0.1, 0.15) is 12.0 Å². The highest BCUT2D eigenvalue weighted by Gasteiger charge is 2.30. The second kappa shape index (κ2) is 8.57. The van der Waals surface area contributed by atoms with Crippen LogP contribution in [0.25, 0.3) is 0 Å². The minimum Gasteiger partial charge on any atom is -0.309 e. The number of carbonyl (C=O) groups is 1. The van der Waals surface area contributed by atoms with Crippen molar-refractivity contribution in [1.82, 2.24) is 25.1 Å². The highest BCUT2D eigenvalue weighted by Crippen LogP contribution is 2.28. The Labute approximate surface area is 166 Å². The zero-order valence-electron chi connectivity index (χ0n) is 14.0. The first-order valence-corrected chi connectivity index (χ1v) is 8.98. The number of H-pyrrole nitrogens is 1. The van der Waals surface area contributed by atoms with Crippen molar-refractivity contribution in [2.45, 2.75) is 29.1 Å². The quantitative estimate of drug-likeness (QED) is 0.430. The van der Waals surface area contributed by atoms with Crippen LogP contribution in [0.15, 0.2) is 46.7 Å². The third-order valence-electron chi connectivity index (χ3n) is 3.27. The van der Waals surface area contributed by atoms with E-state index in [2.05, 4.69) is 30.5 Å². The number of hydrogen-bond donors (Lipinski definition) is 2. The minimum atomic E-state index is -4.49. The van der Waals surface area contributed by atoms with Gasteiger partial charge in [0.15, 0.2) is 5.16 Å². The monoisotopic (exact) mass is 428 g/mol. The smallest absolute Gasteiger partial charge is 0.309 e. The maximum Gasteiger partial charge on any atom is 0.395 e. The number of hydrogen-bond acceptors (Lipinski definition) is 7. The average Bonchev–Trinajstić information content (AvgIpc) is 3.07. The van der Waals surface area contributed by atoms with Crippen molar-refractivity contribution in [2.24, 2.45) is 0 Å².